The third-order valence-corrected chi connectivity index (χ3v) is 5.45. The Bertz CT molecular complexity index is 642. The molecule has 2 aromatic carbocycles. The number of hydrogen-bond donors (Lipinski definition) is 0. The number of unbranched alkanes of at least 4 members (excludes halogenated alkanes) is 6. The fourth-order valence-electron chi connectivity index (χ4n) is 3.56. The minimum Gasteiger partial charge on any atom is -0.381 e. The maximum Gasteiger partial charge on any atom is 0.273 e. The first-order valence-electron chi connectivity index (χ1n) is 11.4. The molecule has 0 fully saturated rings. The van der Waals surface area contributed by atoms with Gasteiger partial charge in [-0.25, -0.2) is 17.6 Å². The van der Waals surface area contributed by atoms with E-state index in [0.717, 1.165) is 38.5 Å². The van der Waals surface area contributed by atoms with E-state index in [9.17, 15) is 17.6 Å². The Morgan fingerprint density at radius 1 is 0.484 bits per heavy atom. The molecular weight excluding hydrogens is 404 g/mol. The van der Waals surface area contributed by atoms with E-state index < -0.39 is 11.8 Å². The summed E-state index contributed by atoms with van der Waals surface area (Å²) >= 11 is 0. The van der Waals surface area contributed by atoms with Crippen molar-refractivity contribution >= 4 is 0 Å². The highest BCUT2D eigenvalue weighted by molar-refractivity contribution is 5.20. The largest absolute Gasteiger partial charge is 0.381 e. The van der Waals surface area contributed by atoms with Gasteiger partial charge in [-0.1, -0.05) is 86.3 Å². The second-order valence-corrected chi connectivity index (χ2v) is 8.08. The molecule has 0 heterocycles. The molecule has 0 aliphatic heterocycles. The minimum atomic E-state index is -2.76. The Hall–Kier alpha value is -1.88. The van der Waals surface area contributed by atoms with Gasteiger partial charge in [0.05, 0.1) is 0 Å². The Kier molecular flexibility index (Phi) is 11.1. The SMILES string of the molecule is FC(F)(CCCCCCOCCCCCCC(F)(F)c1ccccc1)c1ccccc1. The molecule has 0 aliphatic rings. The second kappa shape index (κ2) is 13.5. The lowest BCUT2D eigenvalue weighted by Gasteiger charge is -2.16. The molecule has 0 aromatic heterocycles. The highest BCUT2D eigenvalue weighted by Crippen LogP contribution is 2.34. The summed E-state index contributed by atoms with van der Waals surface area (Å²) in [6.07, 6.45) is 5.75. The van der Waals surface area contributed by atoms with E-state index in [0.29, 0.717) is 26.1 Å². The summed E-state index contributed by atoms with van der Waals surface area (Å²) < 4.78 is 61.7. The van der Waals surface area contributed by atoms with Crippen LogP contribution in [0.1, 0.15) is 75.3 Å². The van der Waals surface area contributed by atoms with Gasteiger partial charge >= 0.3 is 0 Å². The van der Waals surface area contributed by atoms with E-state index in [-0.39, 0.29) is 24.0 Å². The normalized spacial score (nSPS) is 12.3. The summed E-state index contributed by atoms with van der Waals surface area (Å²) in [7, 11) is 0. The van der Waals surface area contributed by atoms with E-state index in [4.69, 9.17) is 4.74 Å². The number of hydrogen-bond acceptors (Lipinski definition) is 1. The van der Waals surface area contributed by atoms with Crippen LogP contribution in [-0.4, -0.2) is 13.2 Å². The van der Waals surface area contributed by atoms with Crippen LogP contribution in [-0.2, 0) is 16.6 Å². The Morgan fingerprint density at radius 3 is 1.23 bits per heavy atom. The van der Waals surface area contributed by atoms with Crippen LogP contribution in [0, 0.1) is 0 Å². The van der Waals surface area contributed by atoms with Crippen molar-refractivity contribution in [2.24, 2.45) is 0 Å². The molecule has 172 valence electrons. The molecule has 2 rings (SSSR count). The zero-order valence-electron chi connectivity index (χ0n) is 18.2. The molecule has 0 aliphatic carbocycles. The molecular formula is C26H34F4O. The lowest BCUT2D eigenvalue weighted by molar-refractivity contribution is -0.0163. The van der Waals surface area contributed by atoms with Crippen LogP contribution >= 0.6 is 0 Å². The number of rotatable bonds is 16. The summed E-state index contributed by atoms with van der Waals surface area (Å²) in [5, 5.41) is 0. The molecule has 0 amide bonds. The van der Waals surface area contributed by atoms with E-state index >= 15 is 0 Å². The van der Waals surface area contributed by atoms with E-state index in [1.807, 2.05) is 0 Å². The Labute approximate surface area is 183 Å². The maximum absolute atomic E-state index is 14.0. The molecule has 0 spiro atoms. The predicted octanol–water partition coefficient (Wildman–Crippen LogP) is 8.49. The highest BCUT2D eigenvalue weighted by atomic mass is 19.3. The second-order valence-electron chi connectivity index (χ2n) is 8.08. The van der Waals surface area contributed by atoms with Crippen LogP contribution < -0.4 is 0 Å². The third kappa shape index (κ3) is 9.86. The van der Waals surface area contributed by atoms with Crippen LogP contribution in [0.2, 0.25) is 0 Å². The van der Waals surface area contributed by atoms with Gasteiger partial charge in [0.15, 0.2) is 0 Å². The van der Waals surface area contributed by atoms with Crippen LogP contribution in [0.4, 0.5) is 17.6 Å². The van der Waals surface area contributed by atoms with Gasteiger partial charge in [-0.15, -0.1) is 0 Å². The smallest absolute Gasteiger partial charge is 0.273 e. The molecule has 1 nitrogen and oxygen atoms in total. The van der Waals surface area contributed by atoms with Crippen molar-refractivity contribution in [3.8, 4) is 0 Å². The highest BCUT2D eigenvalue weighted by Gasteiger charge is 2.30. The van der Waals surface area contributed by atoms with E-state index in [1.54, 1.807) is 36.4 Å². The summed E-state index contributed by atoms with van der Waals surface area (Å²) in [4.78, 5) is 0. The summed E-state index contributed by atoms with van der Waals surface area (Å²) in [6.45, 7) is 1.25. The number of ether oxygens (including phenoxy) is 1. The summed E-state index contributed by atoms with van der Waals surface area (Å²) in [6, 6.07) is 15.9. The first-order valence-corrected chi connectivity index (χ1v) is 11.4. The monoisotopic (exact) mass is 438 g/mol. The number of alkyl halides is 4. The fourth-order valence-corrected chi connectivity index (χ4v) is 3.56. The van der Waals surface area contributed by atoms with E-state index in [2.05, 4.69) is 0 Å². The van der Waals surface area contributed by atoms with Crippen LogP contribution in [0.25, 0.3) is 0 Å². The average molecular weight is 439 g/mol. The molecule has 0 saturated heterocycles. The molecule has 0 N–H and O–H groups in total. The van der Waals surface area contributed by atoms with Gasteiger partial charge in [0.25, 0.3) is 11.8 Å². The first kappa shape index (κ1) is 25.4. The molecule has 31 heavy (non-hydrogen) atoms. The van der Waals surface area contributed by atoms with E-state index in [1.165, 1.54) is 24.3 Å². The lowest BCUT2D eigenvalue weighted by Crippen LogP contribution is -2.12. The molecule has 0 atom stereocenters. The molecule has 0 bridgehead atoms. The topological polar surface area (TPSA) is 9.23 Å². The summed E-state index contributed by atoms with van der Waals surface area (Å²) in [5.74, 6) is -5.52. The molecule has 0 radical (unpaired) electrons. The van der Waals surface area contributed by atoms with Crippen LogP contribution in [0.5, 0.6) is 0 Å². The minimum absolute atomic E-state index is 0.0853. The lowest BCUT2D eigenvalue weighted by atomic mass is 10.0. The predicted molar refractivity (Wildman–Crippen MR) is 118 cm³/mol. The molecule has 0 unspecified atom stereocenters. The van der Waals surface area contributed by atoms with Crippen LogP contribution in [0.15, 0.2) is 60.7 Å². The van der Waals surface area contributed by atoms with Crippen molar-refractivity contribution in [2.75, 3.05) is 13.2 Å². The van der Waals surface area contributed by atoms with Crippen molar-refractivity contribution in [3.05, 3.63) is 71.8 Å². The first-order chi connectivity index (χ1) is 14.9. The van der Waals surface area contributed by atoms with Crippen molar-refractivity contribution < 1.29 is 22.3 Å². The van der Waals surface area contributed by atoms with Crippen molar-refractivity contribution in [1.82, 2.24) is 0 Å². The van der Waals surface area contributed by atoms with Gasteiger partial charge in [-0.3, -0.25) is 0 Å². The zero-order chi connectivity index (χ0) is 22.4. The van der Waals surface area contributed by atoms with Gasteiger partial charge in [0.2, 0.25) is 0 Å². The zero-order valence-corrected chi connectivity index (χ0v) is 18.2. The molecule has 0 saturated carbocycles. The van der Waals surface area contributed by atoms with Crippen molar-refractivity contribution in [3.63, 3.8) is 0 Å². The Balaban J connectivity index is 1.40. The van der Waals surface area contributed by atoms with Gasteiger partial charge in [-0.2, -0.15) is 0 Å². The van der Waals surface area contributed by atoms with Gasteiger partial charge < -0.3 is 4.74 Å². The Morgan fingerprint density at radius 2 is 0.839 bits per heavy atom. The number of benzene rings is 2. The molecule has 2 aromatic rings. The van der Waals surface area contributed by atoms with Crippen molar-refractivity contribution in [2.45, 2.75) is 76.1 Å². The van der Waals surface area contributed by atoms with Gasteiger partial charge in [0, 0.05) is 37.2 Å². The maximum atomic E-state index is 14.0. The third-order valence-electron chi connectivity index (χ3n) is 5.45. The molecule has 5 heteroatoms. The van der Waals surface area contributed by atoms with Gasteiger partial charge in [-0.05, 0) is 25.7 Å². The summed E-state index contributed by atoms with van der Waals surface area (Å²) in [5.41, 5.74) is 0.171. The van der Waals surface area contributed by atoms with Gasteiger partial charge in [0.1, 0.15) is 0 Å². The number of halogens is 4. The van der Waals surface area contributed by atoms with Crippen molar-refractivity contribution in [1.29, 1.82) is 0 Å². The average Bonchev–Trinajstić information content (AvgIpc) is 2.78. The fraction of sp³-hybridized carbons (Fsp3) is 0.538. The van der Waals surface area contributed by atoms with Crippen LogP contribution in [0.3, 0.4) is 0 Å². The standard InChI is InChI=1S/C26H34F4O/c27-25(28,23-15-7-5-8-16-23)19-11-1-3-13-21-31-22-14-4-2-12-20-26(29,30)24-17-9-6-10-18-24/h5-10,15-18H,1-4,11-14,19-22H2. The quantitative estimate of drug-likeness (QED) is 0.189.